The molecular formula is C23H25N7. The van der Waals surface area contributed by atoms with Crippen LogP contribution in [0.4, 0.5) is 5.95 Å². The van der Waals surface area contributed by atoms with Crippen molar-refractivity contribution in [2.24, 2.45) is 7.05 Å². The molecule has 7 nitrogen and oxygen atoms in total. The number of aryl methyl sites for hydroxylation is 1. The lowest BCUT2D eigenvalue weighted by molar-refractivity contribution is 0.221. The van der Waals surface area contributed by atoms with Crippen molar-refractivity contribution in [1.82, 2.24) is 29.4 Å². The maximum absolute atomic E-state index is 6.05. The molecule has 30 heavy (non-hydrogen) atoms. The van der Waals surface area contributed by atoms with E-state index in [2.05, 4.69) is 44.1 Å². The molecule has 1 aliphatic rings. The summed E-state index contributed by atoms with van der Waals surface area (Å²) in [5.41, 5.74) is 11.6. The highest BCUT2D eigenvalue weighted by Crippen LogP contribution is 2.30. The molecule has 0 saturated carbocycles. The SMILES string of the molecule is Cn1c(-c2ccncc2)nc2c(-c3ccc(CN4CCCCC4)cc3)nc(N)nc21. The zero-order valence-electron chi connectivity index (χ0n) is 17.1. The number of likely N-dealkylation sites (tertiary alicyclic amines) is 1. The quantitative estimate of drug-likeness (QED) is 0.564. The summed E-state index contributed by atoms with van der Waals surface area (Å²) in [5.74, 6) is 1.06. The van der Waals surface area contributed by atoms with Crippen molar-refractivity contribution in [1.29, 1.82) is 0 Å². The fraction of sp³-hybridized carbons (Fsp3) is 0.304. The van der Waals surface area contributed by atoms with E-state index >= 15 is 0 Å². The van der Waals surface area contributed by atoms with Crippen LogP contribution in [0.25, 0.3) is 33.8 Å². The van der Waals surface area contributed by atoms with Crippen molar-refractivity contribution in [2.75, 3.05) is 18.8 Å². The summed E-state index contributed by atoms with van der Waals surface area (Å²) in [7, 11) is 1.95. The first-order valence-corrected chi connectivity index (χ1v) is 10.4. The summed E-state index contributed by atoms with van der Waals surface area (Å²) in [5, 5.41) is 0. The molecule has 0 amide bonds. The van der Waals surface area contributed by atoms with E-state index in [4.69, 9.17) is 10.7 Å². The predicted octanol–water partition coefficient (Wildman–Crippen LogP) is 3.66. The van der Waals surface area contributed by atoms with Gasteiger partial charge in [-0.3, -0.25) is 9.88 Å². The zero-order chi connectivity index (χ0) is 20.5. The van der Waals surface area contributed by atoms with Crippen molar-refractivity contribution in [2.45, 2.75) is 25.8 Å². The average Bonchev–Trinajstić information content (AvgIpc) is 3.11. The Bertz CT molecular complexity index is 1160. The van der Waals surface area contributed by atoms with Crippen LogP contribution in [-0.2, 0) is 13.6 Å². The predicted molar refractivity (Wildman–Crippen MR) is 119 cm³/mol. The number of nitrogens with zero attached hydrogens (tertiary/aromatic N) is 6. The second-order valence-electron chi connectivity index (χ2n) is 7.87. The molecule has 0 unspecified atom stereocenters. The molecule has 0 aliphatic carbocycles. The number of fused-ring (bicyclic) bond motifs is 1. The Morgan fingerprint density at radius 3 is 2.33 bits per heavy atom. The van der Waals surface area contributed by atoms with Crippen molar-refractivity contribution >= 4 is 17.1 Å². The Labute approximate surface area is 175 Å². The highest BCUT2D eigenvalue weighted by atomic mass is 15.2. The van der Waals surface area contributed by atoms with Crippen molar-refractivity contribution < 1.29 is 0 Å². The summed E-state index contributed by atoms with van der Waals surface area (Å²) in [6, 6.07) is 12.5. The van der Waals surface area contributed by atoms with Crippen molar-refractivity contribution in [3.63, 3.8) is 0 Å². The number of nitrogens with two attached hydrogens (primary N) is 1. The number of nitrogen functional groups attached to an aromatic ring is 1. The minimum atomic E-state index is 0.249. The second-order valence-corrected chi connectivity index (χ2v) is 7.87. The van der Waals surface area contributed by atoms with E-state index in [1.54, 1.807) is 12.4 Å². The Morgan fingerprint density at radius 2 is 1.60 bits per heavy atom. The lowest BCUT2D eigenvalue weighted by atomic mass is 10.1. The van der Waals surface area contributed by atoms with Gasteiger partial charge in [-0.25, -0.2) is 9.97 Å². The van der Waals surface area contributed by atoms with Gasteiger partial charge in [0.2, 0.25) is 5.95 Å². The summed E-state index contributed by atoms with van der Waals surface area (Å²) in [6.45, 7) is 3.38. The van der Waals surface area contributed by atoms with Crippen LogP contribution in [0.2, 0.25) is 0 Å². The lowest BCUT2D eigenvalue weighted by Gasteiger charge is -2.26. The molecule has 0 radical (unpaired) electrons. The van der Waals surface area contributed by atoms with E-state index in [0.717, 1.165) is 40.4 Å². The minimum Gasteiger partial charge on any atom is -0.368 e. The molecule has 3 aromatic heterocycles. The van der Waals surface area contributed by atoms with Crippen LogP contribution >= 0.6 is 0 Å². The monoisotopic (exact) mass is 399 g/mol. The molecule has 2 N–H and O–H groups in total. The highest BCUT2D eigenvalue weighted by Gasteiger charge is 2.18. The first-order valence-electron chi connectivity index (χ1n) is 10.4. The zero-order valence-corrected chi connectivity index (χ0v) is 17.1. The first-order chi connectivity index (χ1) is 14.7. The van der Waals surface area contributed by atoms with Gasteiger partial charge in [0.15, 0.2) is 5.65 Å². The molecule has 1 fully saturated rings. The number of imidazole rings is 1. The van der Waals surface area contributed by atoms with E-state index in [9.17, 15) is 0 Å². The summed E-state index contributed by atoms with van der Waals surface area (Å²) < 4.78 is 1.96. The molecule has 1 saturated heterocycles. The lowest BCUT2D eigenvalue weighted by Crippen LogP contribution is -2.28. The Morgan fingerprint density at radius 1 is 0.867 bits per heavy atom. The van der Waals surface area contributed by atoms with E-state index in [-0.39, 0.29) is 5.95 Å². The molecule has 152 valence electrons. The van der Waals surface area contributed by atoms with Gasteiger partial charge in [0.25, 0.3) is 0 Å². The van der Waals surface area contributed by atoms with Crippen molar-refractivity contribution in [3.8, 4) is 22.6 Å². The number of pyridine rings is 1. The maximum Gasteiger partial charge on any atom is 0.222 e. The topological polar surface area (TPSA) is 85.8 Å². The number of hydrogen-bond donors (Lipinski definition) is 1. The Balaban J connectivity index is 1.52. The number of anilines is 1. The fourth-order valence-electron chi connectivity index (χ4n) is 4.18. The molecule has 0 bridgehead atoms. The molecule has 1 aliphatic heterocycles. The van der Waals surface area contributed by atoms with Crippen molar-refractivity contribution in [3.05, 3.63) is 54.4 Å². The average molecular weight is 400 g/mol. The fourth-order valence-corrected chi connectivity index (χ4v) is 4.18. The highest BCUT2D eigenvalue weighted by molar-refractivity contribution is 5.90. The number of hydrogen-bond acceptors (Lipinski definition) is 6. The molecule has 1 aromatic carbocycles. The van der Waals surface area contributed by atoms with Gasteiger partial charge >= 0.3 is 0 Å². The number of piperidine rings is 1. The van der Waals surface area contributed by atoms with E-state index in [1.807, 2.05) is 23.7 Å². The molecule has 7 heteroatoms. The van der Waals surface area contributed by atoms with E-state index in [0.29, 0.717) is 0 Å². The van der Waals surface area contributed by atoms with Gasteiger partial charge < -0.3 is 10.3 Å². The standard InChI is InChI=1S/C23H25N7/c1-29-21(18-9-11-25-12-10-18)26-20-19(27-23(24)28-22(20)29)17-7-5-16(6-8-17)15-30-13-3-2-4-14-30/h5-12H,2-4,13-15H2,1H3,(H2,24,27,28). The normalized spacial score (nSPS) is 15.0. The van der Waals surface area contributed by atoms with Gasteiger partial charge in [0.05, 0.1) is 0 Å². The second kappa shape index (κ2) is 7.84. The van der Waals surface area contributed by atoms with Gasteiger partial charge in [-0.1, -0.05) is 30.7 Å². The summed E-state index contributed by atoms with van der Waals surface area (Å²) in [4.78, 5) is 20.5. The summed E-state index contributed by atoms with van der Waals surface area (Å²) >= 11 is 0. The molecule has 0 spiro atoms. The van der Waals surface area contributed by atoms with Crippen LogP contribution in [0.5, 0.6) is 0 Å². The third kappa shape index (κ3) is 3.52. The van der Waals surface area contributed by atoms with Gasteiger partial charge in [0, 0.05) is 37.1 Å². The molecule has 0 atom stereocenters. The molecule has 4 heterocycles. The van der Waals surface area contributed by atoms with E-state index in [1.165, 1.54) is 37.9 Å². The number of benzene rings is 1. The molecule has 4 aromatic rings. The largest absolute Gasteiger partial charge is 0.368 e. The minimum absolute atomic E-state index is 0.249. The van der Waals surface area contributed by atoms with Crippen LogP contribution in [0.15, 0.2) is 48.8 Å². The van der Waals surface area contributed by atoms with Crippen LogP contribution < -0.4 is 5.73 Å². The molecule has 5 rings (SSSR count). The van der Waals surface area contributed by atoms with Crippen LogP contribution in [0.3, 0.4) is 0 Å². The first kappa shape index (κ1) is 18.7. The van der Waals surface area contributed by atoms with Crippen LogP contribution in [0.1, 0.15) is 24.8 Å². The van der Waals surface area contributed by atoms with E-state index < -0.39 is 0 Å². The van der Waals surface area contributed by atoms with Gasteiger partial charge in [-0.05, 0) is 43.6 Å². The number of aromatic nitrogens is 5. The summed E-state index contributed by atoms with van der Waals surface area (Å²) in [6.07, 6.45) is 7.48. The van der Waals surface area contributed by atoms with Gasteiger partial charge in [-0.2, -0.15) is 4.98 Å². The maximum atomic E-state index is 6.05. The van der Waals surface area contributed by atoms with Gasteiger partial charge in [0.1, 0.15) is 17.0 Å². The number of rotatable bonds is 4. The van der Waals surface area contributed by atoms with Crippen LogP contribution in [0, 0.1) is 0 Å². The molecular weight excluding hydrogens is 374 g/mol. The Hall–Kier alpha value is -3.32. The smallest absolute Gasteiger partial charge is 0.222 e. The Kier molecular flexibility index (Phi) is 4.88. The van der Waals surface area contributed by atoms with Gasteiger partial charge in [-0.15, -0.1) is 0 Å². The third-order valence-corrected chi connectivity index (χ3v) is 5.76. The van der Waals surface area contributed by atoms with Crippen LogP contribution in [-0.4, -0.2) is 42.5 Å². The third-order valence-electron chi connectivity index (χ3n) is 5.76.